The van der Waals surface area contributed by atoms with Gasteiger partial charge in [-0.1, -0.05) is 10.3 Å². The van der Waals surface area contributed by atoms with Gasteiger partial charge in [0, 0.05) is 45.8 Å². The van der Waals surface area contributed by atoms with E-state index in [1.54, 1.807) is 0 Å². The molecule has 0 saturated carbocycles. The summed E-state index contributed by atoms with van der Waals surface area (Å²) in [4.78, 5) is 26.7. The van der Waals surface area contributed by atoms with Crippen molar-refractivity contribution < 1.29 is 20.0 Å². The van der Waals surface area contributed by atoms with Gasteiger partial charge in [-0.15, -0.1) is 0 Å². The van der Waals surface area contributed by atoms with Crippen LogP contribution in [0.15, 0.2) is 10.3 Å². The third-order valence-electron chi connectivity index (χ3n) is 3.49. The molecule has 0 radical (unpaired) electrons. The van der Waals surface area contributed by atoms with Gasteiger partial charge in [0.2, 0.25) is 0 Å². The lowest BCUT2D eigenvalue weighted by atomic mass is 10.3. The molecule has 0 atom stereocenters. The summed E-state index contributed by atoms with van der Waals surface area (Å²) in [5.41, 5.74) is 0. The SMILES string of the molecule is O=C(/C=N/O)NCCCN1CCN(CCNC(=O)/C=N/O)CC1. The van der Waals surface area contributed by atoms with Gasteiger partial charge in [0.1, 0.15) is 12.4 Å². The van der Waals surface area contributed by atoms with E-state index < -0.39 is 11.8 Å². The molecule has 1 aliphatic heterocycles. The van der Waals surface area contributed by atoms with Crippen LogP contribution in [-0.2, 0) is 9.59 Å². The molecule has 0 unspecified atom stereocenters. The van der Waals surface area contributed by atoms with Gasteiger partial charge in [0.15, 0.2) is 0 Å². The zero-order chi connectivity index (χ0) is 16.9. The quantitative estimate of drug-likeness (QED) is 0.170. The number of hydrogen-bond donors (Lipinski definition) is 4. The van der Waals surface area contributed by atoms with Crippen molar-refractivity contribution in [1.29, 1.82) is 0 Å². The van der Waals surface area contributed by atoms with E-state index in [0.717, 1.165) is 58.1 Å². The van der Waals surface area contributed by atoms with Crippen LogP contribution in [0.2, 0.25) is 0 Å². The first-order valence-electron chi connectivity index (χ1n) is 7.51. The summed E-state index contributed by atoms with van der Waals surface area (Å²) < 4.78 is 0. The molecule has 1 saturated heterocycles. The molecule has 0 aromatic heterocycles. The Morgan fingerprint density at radius 1 is 0.870 bits per heavy atom. The molecule has 0 aromatic carbocycles. The fourth-order valence-electron chi connectivity index (χ4n) is 2.28. The number of nitrogens with one attached hydrogen (secondary N) is 2. The Hall–Kier alpha value is -2.20. The van der Waals surface area contributed by atoms with Crippen molar-refractivity contribution in [3.8, 4) is 0 Å². The van der Waals surface area contributed by atoms with Gasteiger partial charge < -0.3 is 25.9 Å². The van der Waals surface area contributed by atoms with E-state index in [-0.39, 0.29) is 0 Å². The highest BCUT2D eigenvalue weighted by molar-refractivity contribution is 6.26. The topological polar surface area (TPSA) is 130 Å². The van der Waals surface area contributed by atoms with E-state index in [9.17, 15) is 9.59 Å². The predicted octanol–water partition coefficient (Wildman–Crippen LogP) is -1.85. The lowest BCUT2D eigenvalue weighted by Gasteiger charge is -2.34. The molecule has 2 amide bonds. The second-order valence-electron chi connectivity index (χ2n) is 5.11. The van der Waals surface area contributed by atoms with Gasteiger partial charge in [-0.25, -0.2) is 0 Å². The fourth-order valence-corrected chi connectivity index (χ4v) is 2.28. The van der Waals surface area contributed by atoms with Gasteiger partial charge in [-0.05, 0) is 13.0 Å². The molecule has 130 valence electrons. The normalized spacial score (nSPS) is 16.9. The van der Waals surface area contributed by atoms with Crippen LogP contribution in [0.1, 0.15) is 6.42 Å². The number of rotatable bonds is 9. The third kappa shape index (κ3) is 8.73. The van der Waals surface area contributed by atoms with Crippen LogP contribution < -0.4 is 10.6 Å². The Balaban J connectivity index is 2.04. The number of amides is 2. The molecule has 1 heterocycles. The van der Waals surface area contributed by atoms with E-state index in [4.69, 9.17) is 10.4 Å². The maximum atomic E-state index is 11.1. The van der Waals surface area contributed by atoms with Crippen LogP contribution in [0.4, 0.5) is 0 Å². The number of carbonyl (C=O) groups is 2. The molecule has 0 aliphatic carbocycles. The van der Waals surface area contributed by atoms with Crippen LogP contribution in [0.5, 0.6) is 0 Å². The lowest BCUT2D eigenvalue weighted by molar-refractivity contribution is -0.115. The first-order chi connectivity index (χ1) is 11.2. The Labute approximate surface area is 134 Å². The zero-order valence-corrected chi connectivity index (χ0v) is 13.0. The summed E-state index contributed by atoms with van der Waals surface area (Å²) in [5, 5.41) is 27.0. The second kappa shape index (κ2) is 11.4. The molecule has 1 fully saturated rings. The van der Waals surface area contributed by atoms with E-state index in [2.05, 4.69) is 30.7 Å². The third-order valence-corrected chi connectivity index (χ3v) is 3.49. The number of oxime groups is 2. The van der Waals surface area contributed by atoms with E-state index in [1.807, 2.05) is 0 Å². The van der Waals surface area contributed by atoms with Gasteiger partial charge in [-0.3, -0.25) is 14.5 Å². The Kier molecular flexibility index (Phi) is 9.32. The average molecular weight is 328 g/mol. The molecule has 0 bridgehead atoms. The van der Waals surface area contributed by atoms with Crippen molar-refractivity contribution in [3.63, 3.8) is 0 Å². The molecular formula is C13H24N6O4. The van der Waals surface area contributed by atoms with E-state index in [0.29, 0.717) is 13.1 Å². The second-order valence-corrected chi connectivity index (χ2v) is 5.11. The van der Waals surface area contributed by atoms with Crippen molar-refractivity contribution in [2.24, 2.45) is 10.3 Å². The minimum absolute atomic E-state index is 0.398. The molecule has 1 rings (SSSR count). The van der Waals surface area contributed by atoms with E-state index in [1.165, 1.54) is 0 Å². The van der Waals surface area contributed by atoms with Crippen molar-refractivity contribution in [2.75, 3.05) is 52.4 Å². The zero-order valence-electron chi connectivity index (χ0n) is 13.0. The monoisotopic (exact) mass is 328 g/mol. The minimum atomic E-state index is -0.403. The maximum absolute atomic E-state index is 11.1. The van der Waals surface area contributed by atoms with Crippen LogP contribution in [0.25, 0.3) is 0 Å². The average Bonchev–Trinajstić information content (AvgIpc) is 2.53. The first-order valence-corrected chi connectivity index (χ1v) is 7.51. The smallest absolute Gasteiger partial charge is 0.265 e. The summed E-state index contributed by atoms with van der Waals surface area (Å²) >= 11 is 0. The molecule has 4 N–H and O–H groups in total. The highest BCUT2D eigenvalue weighted by Crippen LogP contribution is 2.01. The van der Waals surface area contributed by atoms with Crippen LogP contribution >= 0.6 is 0 Å². The van der Waals surface area contributed by atoms with Gasteiger partial charge in [0.25, 0.3) is 11.8 Å². The van der Waals surface area contributed by atoms with Gasteiger partial charge in [-0.2, -0.15) is 0 Å². The van der Waals surface area contributed by atoms with E-state index >= 15 is 0 Å². The summed E-state index contributed by atoms with van der Waals surface area (Å²) in [7, 11) is 0. The lowest BCUT2D eigenvalue weighted by Crippen LogP contribution is -2.48. The number of piperazine rings is 1. The summed E-state index contributed by atoms with van der Waals surface area (Å²) in [5.74, 6) is -0.801. The molecule has 0 spiro atoms. The molecule has 0 aromatic rings. The molecular weight excluding hydrogens is 304 g/mol. The van der Waals surface area contributed by atoms with Crippen LogP contribution in [0.3, 0.4) is 0 Å². The fraction of sp³-hybridized carbons (Fsp3) is 0.692. The first kappa shape index (κ1) is 18.8. The van der Waals surface area contributed by atoms with Gasteiger partial charge >= 0.3 is 0 Å². The van der Waals surface area contributed by atoms with Crippen molar-refractivity contribution in [1.82, 2.24) is 20.4 Å². The standard InChI is InChI=1S/C13H24N6O4/c20-12(10-16-22)14-2-1-4-18-6-8-19(9-7-18)5-3-15-13(21)11-17-23/h10-11,22-23H,1-9H2,(H,14,20)(H,15,21)/b16-10+,17-11+. The summed E-state index contributed by atoms with van der Waals surface area (Å²) in [6.07, 6.45) is 2.51. The van der Waals surface area contributed by atoms with Crippen molar-refractivity contribution in [2.45, 2.75) is 6.42 Å². The molecule has 23 heavy (non-hydrogen) atoms. The highest BCUT2D eigenvalue weighted by Gasteiger charge is 2.16. The molecule has 10 nitrogen and oxygen atoms in total. The number of nitrogens with zero attached hydrogens (tertiary/aromatic N) is 4. The predicted molar refractivity (Wildman–Crippen MR) is 84.1 cm³/mol. The maximum Gasteiger partial charge on any atom is 0.265 e. The Morgan fingerprint density at radius 3 is 1.87 bits per heavy atom. The summed E-state index contributed by atoms with van der Waals surface area (Å²) in [6, 6.07) is 0. The number of hydrogen-bond acceptors (Lipinski definition) is 8. The molecule has 1 aliphatic rings. The molecule has 10 heteroatoms. The van der Waals surface area contributed by atoms with Gasteiger partial charge in [0.05, 0.1) is 0 Å². The Morgan fingerprint density at radius 2 is 1.35 bits per heavy atom. The largest absolute Gasteiger partial charge is 0.411 e. The van der Waals surface area contributed by atoms with Crippen LogP contribution in [-0.4, -0.2) is 96.8 Å². The van der Waals surface area contributed by atoms with Crippen molar-refractivity contribution >= 4 is 24.2 Å². The Bertz CT molecular complexity index is 421. The van der Waals surface area contributed by atoms with Crippen LogP contribution in [0, 0.1) is 0 Å². The number of carbonyl (C=O) groups excluding carboxylic acids is 2. The highest BCUT2D eigenvalue weighted by atomic mass is 16.4. The summed E-state index contributed by atoms with van der Waals surface area (Å²) in [6.45, 7) is 6.45. The van der Waals surface area contributed by atoms with Crippen molar-refractivity contribution in [3.05, 3.63) is 0 Å². The minimum Gasteiger partial charge on any atom is -0.411 e.